The molecule has 0 saturated heterocycles. The molecule has 0 aliphatic rings. The quantitative estimate of drug-likeness (QED) is 0.648. The highest BCUT2D eigenvalue weighted by molar-refractivity contribution is 7.98. The molecule has 2 rings (SSSR count). The summed E-state index contributed by atoms with van der Waals surface area (Å²) in [5, 5.41) is 2.81. The summed E-state index contributed by atoms with van der Waals surface area (Å²) in [5.74, 6) is -0.290. The number of carbonyl (C=O) groups excluding carboxylic acids is 1. The van der Waals surface area contributed by atoms with Gasteiger partial charge in [-0.2, -0.15) is 0 Å². The van der Waals surface area contributed by atoms with Crippen LogP contribution in [0.15, 0.2) is 58.3 Å². The summed E-state index contributed by atoms with van der Waals surface area (Å²) < 4.78 is 28.1. The fraction of sp³-hybridized carbons (Fsp3) is 0.350. The van der Waals surface area contributed by atoms with Gasteiger partial charge in [0.25, 0.3) is 0 Å². The summed E-state index contributed by atoms with van der Waals surface area (Å²) in [5.41, 5.74) is 1.59. The predicted octanol–water partition coefficient (Wildman–Crippen LogP) is 4.09. The number of sulfonamides is 1. The van der Waals surface area contributed by atoms with Crippen LogP contribution in [0.4, 0.5) is 5.69 Å². The molecule has 2 N–H and O–H groups in total. The second kappa shape index (κ2) is 9.39. The van der Waals surface area contributed by atoms with Crippen molar-refractivity contribution in [3.05, 3.63) is 54.1 Å². The first kappa shape index (κ1) is 21.5. The molecule has 146 valence electrons. The average molecular weight is 407 g/mol. The second-order valence-corrected chi connectivity index (χ2v) is 9.28. The van der Waals surface area contributed by atoms with Crippen molar-refractivity contribution in [3.8, 4) is 0 Å². The van der Waals surface area contributed by atoms with Crippen molar-refractivity contribution in [2.45, 2.75) is 36.5 Å². The standard InChI is InChI=1S/C20H26N2O3S2/c1-14(2)20(23)22-18-12-17(10-11-19(18)26-4)27(24,25)21-13-15(3)16-8-6-5-7-9-16/h5-12,14-15,21H,13H2,1-4H3,(H,22,23)/t15-/m0/s1. The van der Waals surface area contributed by atoms with Gasteiger partial charge in [-0.05, 0) is 35.9 Å². The van der Waals surface area contributed by atoms with Crippen molar-refractivity contribution >= 4 is 33.4 Å². The second-order valence-electron chi connectivity index (χ2n) is 6.67. The highest BCUT2D eigenvalue weighted by Crippen LogP contribution is 2.28. The summed E-state index contributed by atoms with van der Waals surface area (Å²) >= 11 is 1.45. The number of anilines is 1. The predicted molar refractivity (Wildman–Crippen MR) is 112 cm³/mol. The van der Waals surface area contributed by atoms with Gasteiger partial charge < -0.3 is 5.32 Å². The Morgan fingerprint density at radius 1 is 1.07 bits per heavy atom. The molecule has 0 aliphatic carbocycles. The Morgan fingerprint density at radius 2 is 1.74 bits per heavy atom. The van der Waals surface area contributed by atoms with E-state index in [1.165, 1.54) is 17.8 Å². The Bertz CT molecular complexity index is 881. The van der Waals surface area contributed by atoms with Crippen molar-refractivity contribution in [1.29, 1.82) is 0 Å². The van der Waals surface area contributed by atoms with E-state index in [-0.39, 0.29) is 22.6 Å². The summed E-state index contributed by atoms with van der Waals surface area (Å²) in [6, 6.07) is 14.6. The maximum absolute atomic E-state index is 12.7. The summed E-state index contributed by atoms with van der Waals surface area (Å²) in [7, 11) is -3.68. The normalized spacial score (nSPS) is 12.8. The number of rotatable bonds is 8. The molecule has 0 spiro atoms. The average Bonchev–Trinajstić information content (AvgIpc) is 2.66. The monoisotopic (exact) mass is 406 g/mol. The van der Waals surface area contributed by atoms with E-state index in [2.05, 4.69) is 10.0 Å². The number of carbonyl (C=O) groups is 1. The molecule has 0 aliphatic heterocycles. The van der Waals surface area contributed by atoms with Gasteiger partial charge in [-0.3, -0.25) is 4.79 Å². The van der Waals surface area contributed by atoms with E-state index >= 15 is 0 Å². The van der Waals surface area contributed by atoms with Crippen molar-refractivity contribution in [1.82, 2.24) is 4.72 Å². The SMILES string of the molecule is CSc1ccc(S(=O)(=O)NC[C@H](C)c2ccccc2)cc1NC(=O)C(C)C. The first-order valence-electron chi connectivity index (χ1n) is 8.78. The van der Waals surface area contributed by atoms with E-state index in [1.54, 1.807) is 26.0 Å². The molecule has 27 heavy (non-hydrogen) atoms. The van der Waals surface area contributed by atoms with Crippen LogP contribution in [0.2, 0.25) is 0 Å². The number of benzene rings is 2. The maximum atomic E-state index is 12.7. The molecule has 2 aromatic rings. The zero-order valence-corrected chi connectivity index (χ0v) is 17.7. The Balaban J connectivity index is 2.18. The van der Waals surface area contributed by atoms with Gasteiger partial charge in [0.05, 0.1) is 10.6 Å². The smallest absolute Gasteiger partial charge is 0.240 e. The fourth-order valence-corrected chi connectivity index (χ4v) is 4.14. The first-order chi connectivity index (χ1) is 12.7. The molecule has 0 heterocycles. The first-order valence-corrected chi connectivity index (χ1v) is 11.5. The summed E-state index contributed by atoms with van der Waals surface area (Å²) in [6.45, 7) is 5.86. The Hall–Kier alpha value is -1.83. The van der Waals surface area contributed by atoms with E-state index in [0.717, 1.165) is 10.5 Å². The molecule has 2 aromatic carbocycles. The van der Waals surface area contributed by atoms with Crippen LogP contribution in [0.5, 0.6) is 0 Å². The molecule has 1 atom stereocenters. The maximum Gasteiger partial charge on any atom is 0.240 e. The largest absolute Gasteiger partial charge is 0.325 e. The third-order valence-corrected chi connectivity index (χ3v) is 6.43. The van der Waals surface area contributed by atoms with Crippen molar-refractivity contribution in [2.75, 3.05) is 18.1 Å². The van der Waals surface area contributed by atoms with Gasteiger partial charge in [0.1, 0.15) is 0 Å². The zero-order chi connectivity index (χ0) is 20.0. The van der Waals surface area contributed by atoms with Crippen molar-refractivity contribution < 1.29 is 13.2 Å². The lowest BCUT2D eigenvalue weighted by Gasteiger charge is -2.16. The molecule has 0 fully saturated rings. The number of amides is 1. The van der Waals surface area contributed by atoms with Crippen LogP contribution >= 0.6 is 11.8 Å². The molecule has 0 saturated carbocycles. The molecule has 5 nitrogen and oxygen atoms in total. The van der Waals surface area contributed by atoms with E-state index in [9.17, 15) is 13.2 Å². The Kier molecular flexibility index (Phi) is 7.47. The van der Waals surface area contributed by atoms with Crippen LogP contribution in [0.25, 0.3) is 0 Å². The minimum Gasteiger partial charge on any atom is -0.325 e. The van der Waals surface area contributed by atoms with Gasteiger partial charge in [-0.25, -0.2) is 13.1 Å². The number of hydrogen-bond donors (Lipinski definition) is 2. The molecule has 0 aromatic heterocycles. The van der Waals surface area contributed by atoms with Crippen LogP contribution in [0.3, 0.4) is 0 Å². The molecule has 0 bridgehead atoms. The van der Waals surface area contributed by atoms with Crippen LogP contribution in [0, 0.1) is 5.92 Å². The zero-order valence-electron chi connectivity index (χ0n) is 16.0. The highest BCUT2D eigenvalue weighted by atomic mass is 32.2. The van der Waals surface area contributed by atoms with Crippen LogP contribution in [-0.4, -0.2) is 27.1 Å². The van der Waals surface area contributed by atoms with Gasteiger partial charge in [-0.1, -0.05) is 51.1 Å². The summed E-state index contributed by atoms with van der Waals surface area (Å²) in [4.78, 5) is 13.0. The van der Waals surface area contributed by atoms with Crippen LogP contribution < -0.4 is 10.0 Å². The molecule has 0 unspecified atom stereocenters. The van der Waals surface area contributed by atoms with Crippen LogP contribution in [-0.2, 0) is 14.8 Å². The van der Waals surface area contributed by atoms with E-state index in [0.29, 0.717) is 12.2 Å². The van der Waals surface area contributed by atoms with E-state index < -0.39 is 10.0 Å². The van der Waals surface area contributed by atoms with E-state index in [1.807, 2.05) is 43.5 Å². The Labute approximate surface area is 166 Å². The minimum atomic E-state index is -3.68. The van der Waals surface area contributed by atoms with Crippen molar-refractivity contribution in [3.63, 3.8) is 0 Å². The lowest BCUT2D eigenvalue weighted by Crippen LogP contribution is -2.28. The lowest BCUT2D eigenvalue weighted by molar-refractivity contribution is -0.118. The van der Waals surface area contributed by atoms with Crippen molar-refractivity contribution in [2.24, 2.45) is 5.92 Å². The van der Waals surface area contributed by atoms with E-state index in [4.69, 9.17) is 0 Å². The summed E-state index contributed by atoms with van der Waals surface area (Å²) in [6.07, 6.45) is 1.88. The number of thioether (sulfide) groups is 1. The highest BCUT2D eigenvalue weighted by Gasteiger charge is 2.19. The lowest BCUT2D eigenvalue weighted by atomic mass is 10.0. The molecule has 1 amide bonds. The number of hydrogen-bond acceptors (Lipinski definition) is 4. The third kappa shape index (κ3) is 5.82. The topological polar surface area (TPSA) is 75.3 Å². The van der Waals surface area contributed by atoms with Gasteiger partial charge in [0.2, 0.25) is 15.9 Å². The minimum absolute atomic E-state index is 0.0477. The Morgan fingerprint density at radius 3 is 2.33 bits per heavy atom. The van der Waals surface area contributed by atoms with Gasteiger partial charge >= 0.3 is 0 Å². The van der Waals surface area contributed by atoms with Gasteiger partial charge in [0, 0.05) is 17.4 Å². The third-order valence-electron chi connectivity index (χ3n) is 4.21. The van der Waals surface area contributed by atoms with Crippen LogP contribution in [0.1, 0.15) is 32.3 Å². The van der Waals surface area contributed by atoms with Gasteiger partial charge in [-0.15, -0.1) is 11.8 Å². The molecule has 0 radical (unpaired) electrons. The number of nitrogens with one attached hydrogen (secondary N) is 2. The molecular formula is C20H26N2O3S2. The molecule has 7 heteroatoms. The van der Waals surface area contributed by atoms with Gasteiger partial charge in [0.15, 0.2) is 0 Å². The fourth-order valence-electron chi connectivity index (χ4n) is 2.45. The molecular weight excluding hydrogens is 380 g/mol.